The number of aromatic nitrogens is 2. The molecule has 0 aliphatic heterocycles. The zero-order valence-electron chi connectivity index (χ0n) is 18.0. The summed E-state index contributed by atoms with van der Waals surface area (Å²) < 4.78 is 4.98. The molecule has 0 saturated heterocycles. The second-order valence-corrected chi connectivity index (χ2v) is 9.00. The van der Waals surface area contributed by atoms with Crippen LogP contribution < -0.4 is 0 Å². The summed E-state index contributed by atoms with van der Waals surface area (Å²) in [5, 5.41) is 7.97. The van der Waals surface area contributed by atoms with Crippen LogP contribution in [0.2, 0.25) is 0 Å². The number of benzene rings is 5. The third-order valence-corrected chi connectivity index (χ3v) is 7.30. The van der Waals surface area contributed by atoms with Gasteiger partial charge in [-0.3, -0.25) is 0 Å². The minimum atomic E-state index is 0.858. The van der Waals surface area contributed by atoms with Crippen molar-refractivity contribution in [1.82, 2.24) is 8.97 Å². The van der Waals surface area contributed by atoms with Gasteiger partial charge in [-0.15, -0.1) is 0 Å². The molecule has 2 nitrogen and oxygen atoms in total. The third-order valence-electron chi connectivity index (χ3n) is 7.30. The Balaban J connectivity index is 1.69. The van der Waals surface area contributed by atoms with Gasteiger partial charge in [0.05, 0.1) is 27.6 Å². The number of nitrogens with zero attached hydrogens (tertiary/aromatic N) is 2. The quantitative estimate of drug-likeness (QED) is 0.268. The van der Waals surface area contributed by atoms with Crippen molar-refractivity contribution in [1.29, 1.82) is 0 Å². The largest absolute Gasteiger partial charge is 0.336 e. The molecule has 33 heavy (non-hydrogen) atoms. The molecule has 0 radical (unpaired) electrons. The van der Waals surface area contributed by atoms with Gasteiger partial charge in [-0.1, -0.05) is 84.9 Å². The lowest BCUT2D eigenvalue weighted by Gasteiger charge is -2.09. The first-order chi connectivity index (χ1) is 16.4. The summed E-state index contributed by atoms with van der Waals surface area (Å²) in [5.41, 5.74) is 7.75. The molecule has 0 bridgehead atoms. The van der Waals surface area contributed by atoms with E-state index in [1.807, 2.05) is 0 Å². The van der Waals surface area contributed by atoms with Gasteiger partial charge in [0.2, 0.25) is 0 Å². The molecule has 0 saturated carbocycles. The smallest absolute Gasteiger partial charge is 0.0619 e. The Hall–Kier alpha value is -4.30. The molecule has 2 heteroatoms. The van der Waals surface area contributed by atoms with E-state index >= 15 is 0 Å². The molecular weight excluding hydrogens is 400 g/mol. The molecule has 0 atom stereocenters. The summed E-state index contributed by atoms with van der Waals surface area (Å²) in [6.45, 7) is 0.858. The average molecular weight is 421 g/mol. The van der Waals surface area contributed by atoms with Gasteiger partial charge in [0, 0.05) is 33.5 Å². The van der Waals surface area contributed by atoms with Gasteiger partial charge in [0.15, 0.2) is 0 Å². The third kappa shape index (κ3) is 2.13. The highest BCUT2D eigenvalue weighted by Crippen LogP contribution is 2.43. The maximum Gasteiger partial charge on any atom is 0.0619 e. The lowest BCUT2D eigenvalue weighted by atomic mass is 10.0. The summed E-state index contributed by atoms with van der Waals surface area (Å²) in [5.74, 6) is 0. The van der Waals surface area contributed by atoms with E-state index in [0.29, 0.717) is 0 Å². The van der Waals surface area contributed by atoms with Crippen molar-refractivity contribution in [3.8, 4) is 0 Å². The Morgan fingerprint density at radius 1 is 0.424 bits per heavy atom. The fourth-order valence-corrected chi connectivity index (χ4v) is 6.00. The van der Waals surface area contributed by atoms with Crippen LogP contribution in [0.5, 0.6) is 0 Å². The van der Waals surface area contributed by atoms with Gasteiger partial charge in [-0.05, 0) is 35.2 Å². The molecule has 0 unspecified atom stereocenters. The molecule has 154 valence electrons. The Kier molecular flexibility index (Phi) is 3.22. The molecule has 3 aromatic heterocycles. The molecule has 0 spiro atoms. The maximum atomic E-state index is 2.49. The van der Waals surface area contributed by atoms with Gasteiger partial charge in [0.25, 0.3) is 0 Å². The molecule has 8 aromatic rings. The molecule has 8 rings (SSSR count). The van der Waals surface area contributed by atoms with E-state index in [1.165, 1.54) is 65.5 Å². The minimum Gasteiger partial charge on any atom is -0.336 e. The van der Waals surface area contributed by atoms with Crippen LogP contribution in [0.4, 0.5) is 0 Å². The van der Waals surface area contributed by atoms with Crippen molar-refractivity contribution < 1.29 is 0 Å². The monoisotopic (exact) mass is 420 g/mol. The SMILES string of the molecule is c1ccc(Cn2c3cccc4c5cccc6c7ccccc7n(c7cccc2c7c43)c56)cc1. The summed E-state index contributed by atoms with van der Waals surface area (Å²) in [4.78, 5) is 0. The number of para-hydroxylation sites is 2. The van der Waals surface area contributed by atoms with Crippen LogP contribution >= 0.6 is 0 Å². The zero-order chi connectivity index (χ0) is 21.5. The first kappa shape index (κ1) is 17.3. The Morgan fingerprint density at radius 3 is 1.88 bits per heavy atom. The highest BCUT2D eigenvalue weighted by atomic mass is 15.0. The second-order valence-electron chi connectivity index (χ2n) is 9.00. The van der Waals surface area contributed by atoms with E-state index in [9.17, 15) is 0 Å². The molecule has 0 N–H and O–H groups in total. The first-order valence-electron chi connectivity index (χ1n) is 11.5. The van der Waals surface area contributed by atoms with E-state index < -0.39 is 0 Å². The predicted molar refractivity (Wildman–Crippen MR) is 140 cm³/mol. The van der Waals surface area contributed by atoms with Crippen LogP contribution in [0.25, 0.3) is 59.9 Å². The molecular formula is C31H20N2. The molecule has 3 heterocycles. The molecule has 5 aromatic carbocycles. The van der Waals surface area contributed by atoms with E-state index in [1.54, 1.807) is 0 Å². The Labute approximate surface area is 190 Å². The number of fused-ring (bicyclic) bond motifs is 5. The molecule has 0 amide bonds. The molecule has 0 aliphatic rings. The van der Waals surface area contributed by atoms with E-state index in [4.69, 9.17) is 0 Å². The van der Waals surface area contributed by atoms with Crippen molar-refractivity contribution >= 4 is 59.9 Å². The molecule has 0 aliphatic carbocycles. The Morgan fingerprint density at radius 2 is 1.00 bits per heavy atom. The summed E-state index contributed by atoms with van der Waals surface area (Å²) in [6.07, 6.45) is 0. The Bertz CT molecular complexity index is 1990. The fourth-order valence-electron chi connectivity index (χ4n) is 6.00. The lowest BCUT2D eigenvalue weighted by molar-refractivity contribution is 0.869. The summed E-state index contributed by atoms with van der Waals surface area (Å²) in [6, 6.07) is 39.9. The molecule has 0 fully saturated rings. The number of rotatable bonds is 2. The van der Waals surface area contributed by atoms with Crippen LogP contribution in [-0.4, -0.2) is 8.97 Å². The van der Waals surface area contributed by atoms with Crippen LogP contribution in [0.3, 0.4) is 0 Å². The summed E-state index contributed by atoms with van der Waals surface area (Å²) >= 11 is 0. The highest BCUT2D eigenvalue weighted by molar-refractivity contribution is 6.30. The minimum absolute atomic E-state index is 0.858. The van der Waals surface area contributed by atoms with Crippen molar-refractivity contribution in [3.05, 3.63) is 115 Å². The number of hydrogen-bond donors (Lipinski definition) is 0. The van der Waals surface area contributed by atoms with Crippen LogP contribution in [-0.2, 0) is 6.54 Å². The normalized spacial score (nSPS) is 12.4. The van der Waals surface area contributed by atoms with Crippen LogP contribution in [0.15, 0.2) is 109 Å². The van der Waals surface area contributed by atoms with Crippen LogP contribution in [0, 0.1) is 0 Å². The average Bonchev–Trinajstić information content (AvgIpc) is 3.33. The zero-order valence-corrected chi connectivity index (χ0v) is 18.0. The van der Waals surface area contributed by atoms with Crippen molar-refractivity contribution in [3.63, 3.8) is 0 Å². The van der Waals surface area contributed by atoms with Crippen molar-refractivity contribution in [2.45, 2.75) is 6.54 Å². The van der Waals surface area contributed by atoms with E-state index in [0.717, 1.165) is 6.54 Å². The predicted octanol–water partition coefficient (Wildman–Crippen LogP) is 7.99. The van der Waals surface area contributed by atoms with Gasteiger partial charge in [-0.2, -0.15) is 0 Å². The van der Waals surface area contributed by atoms with Crippen molar-refractivity contribution in [2.24, 2.45) is 0 Å². The number of hydrogen-bond acceptors (Lipinski definition) is 0. The maximum absolute atomic E-state index is 2.49. The second kappa shape index (κ2) is 6.14. The first-order valence-corrected chi connectivity index (χ1v) is 11.5. The van der Waals surface area contributed by atoms with Gasteiger partial charge in [-0.25, -0.2) is 0 Å². The lowest BCUT2D eigenvalue weighted by Crippen LogP contribution is -1.99. The van der Waals surface area contributed by atoms with Gasteiger partial charge < -0.3 is 8.97 Å². The van der Waals surface area contributed by atoms with E-state index in [-0.39, 0.29) is 0 Å². The van der Waals surface area contributed by atoms with Gasteiger partial charge in [0.1, 0.15) is 0 Å². The van der Waals surface area contributed by atoms with E-state index in [2.05, 4.69) is 118 Å². The summed E-state index contributed by atoms with van der Waals surface area (Å²) in [7, 11) is 0. The van der Waals surface area contributed by atoms with Gasteiger partial charge >= 0.3 is 0 Å². The van der Waals surface area contributed by atoms with Crippen molar-refractivity contribution in [2.75, 3.05) is 0 Å². The standard InChI is InChI=1S/C31H20N2/c1-2-9-20(10-3-1)19-32-26-16-7-12-22-24-14-6-13-23-21-11-4-5-15-25(21)33(31(23)24)28-18-8-17-27(32)30(28)29(22)26/h1-18H,19H2. The van der Waals surface area contributed by atoms with Crippen LogP contribution in [0.1, 0.15) is 5.56 Å². The highest BCUT2D eigenvalue weighted by Gasteiger charge is 2.20. The fraction of sp³-hybridized carbons (Fsp3) is 0.0323. The topological polar surface area (TPSA) is 9.34 Å².